The predicted molar refractivity (Wildman–Crippen MR) is 74.9 cm³/mol. The summed E-state index contributed by atoms with van der Waals surface area (Å²) < 4.78 is 40.0. The number of hydrogen-bond donors (Lipinski definition) is 1. The minimum atomic E-state index is -3.90. The molecule has 1 aromatic rings. The monoisotopic (exact) mass is 315 g/mol. The first-order valence-corrected chi connectivity index (χ1v) is 8.18. The molecular weight excluding hydrogens is 297 g/mol. The summed E-state index contributed by atoms with van der Waals surface area (Å²) in [6, 6.07) is 3.30. The van der Waals surface area contributed by atoms with Crippen molar-refractivity contribution >= 4 is 16.0 Å². The van der Waals surface area contributed by atoms with E-state index in [9.17, 15) is 17.6 Å². The third kappa shape index (κ3) is 3.08. The second kappa shape index (κ2) is 5.73. The van der Waals surface area contributed by atoms with Gasteiger partial charge in [-0.2, -0.15) is 4.31 Å². The number of carboxylic acid groups (broad SMARTS) is 1. The third-order valence-electron chi connectivity index (χ3n) is 3.91. The average Bonchev–Trinajstić information content (AvgIpc) is 2.41. The second-order valence-electron chi connectivity index (χ2n) is 5.45. The lowest BCUT2D eigenvalue weighted by atomic mass is 9.96. The fourth-order valence-corrected chi connectivity index (χ4v) is 4.53. The molecule has 0 bridgehead atoms. The Bertz CT molecular complexity index is 659. The van der Waals surface area contributed by atoms with Gasteiger partial charge in [-0.05, 0) is 44.4 Å². The van der Waals surface area contributed by atoms with E-state index >= 15 is 0 Å². The fraction of sp³-hybridized carbons (Fsp3) is 0.500. The topological polar surface area (TPSA) is 74.7 Å². The smallest absolute Gasteiger partial charge is 0.307 e. The number of hydrogen-bond acceptors (Lipinski definition) is 3. The van der Waals surface area contributed by atoms with Crippen molar-refractivity contribution in [3.05, 3.63) is 29.6 Å². The lowest BCUT2D eigenvalue weighted by Gasteiger charge is -2.35. The molecule has 21 heavy (non-hydrogen) atoms. The molecule has 0 aromatic heterocycles. The number of carboxylic acids is 1. The van der Waals surface area contributed by atoms with Crippen molar-refractivity contribution in [2.75, 3.05) is 6.54 Å². The number of nitrogens with zero attached hydrogens (tertiary/aromatic N) is 1. The van der Waals surface area contributed by atoms with Gasteiger partial charge < -0.3 is 5.11 Å². The Kier molecular flexibility index (Phi) is 4.34. The number of benzene rings is 1. The van der Waals surface area contributed by atoms with Crippen LogP contribution in [0, 0.1) is 18.7 Å². The summed E-state index contributed by atoms with van der Waals surface area (Å²) in [4.78, 5) is 11.0. The number of halogens is 1. The molecule has 1 aromatic carbocycles. The number of carbonyl (C=O) groups is 1. The maximum atomic E-state index is 13.4. The van der Waals surface area contributed by atoms with Gasteiger partial charge in [0.2, 0.25) is 10.0 Å². The van der Waals surface area contributed by atoms with Crippen LogP contribution in [0.15, 0.2) is 23.1 Å². The van der Waals surface area contributed by atoms with Crippen molar-refractivity contribution in [1.29, 1.82) is 0 Å². The van der Waals surface area contributed by atoms with Crippen LogP contribution in [0.25, 0.3) is 0 Å². The highest BCUT2D eigenvalue weighted by atomic mass is 32.2. The van der Waals surface area contributed by atoms with Crippen LogP contribution in [0.1, 0.15) is 25.3 Å². The van der Waals surface area contributed by atoms with Crippen LogP contribution in [0.5, 0.6) is 0 Å². The summed E-state index contributed by atoms with van der Waals surface area (Å²) in [6.45, 7) is 3.26. The Labute approximate surface area is 123 Å². The van der Waals surface area contributed by atoms with E-state index in [0.717, 1.165) is 6.07 Å². The van der Waals surface area contributed by atoms with Gasteiger partial charge >= 0.3 is 5.97 Å². The molecule has 1 fully saturated rings. The highest BCUT2D eigenvalue weighted by Gasteiger charge is 2.38. The van der Waals surface area contributed by atoms with Crippen LogP contribution >= 0.6 is 0 Å². The first-order valence-electron chi connectivity index (χ1n) is 6.74. The molecule has 2 atom stereocenters. The summed E-state index contributed by atoms with van der Waals surface area (Å²) >= 11 is 0. The van der Waals surface area contributed by atoms with Gasteiger partial charge in [0.25, 0.3) is 0 Å². The lowest BCUT2D eigenvalue weighted by Crippen LogP contribution is -2.47. The highest BCUT2D eigenvalue weighted by molar-refractivity contribution is 7.89. The number of sulfonamides is 1. The van der Waals surface area contributed by atoms with Gasteiger partial charge in [0.15, 0.2) is 0 Å². The first kappa shape index (κ1) is 15.9. The third-order valence-corrected chi connectivity index (χ3v) is 6.03. The SMILES string of the molecule is Cc1ccc(F)cc1S(=O)(=O)N1CC(C(=O)O)CCC1C. The Morgan fingerprint density at radius 2 is 2.05 bits per heavy atom. The van der Waals surface area contributed by atoms with E-state index in [1.165, 1.54) is 16.4 Å². The van der Waals surface area contributed by atoms with E-state index in [4.69, 9.17) is 5.11 Å². The van der Waals surface area contributed by atoms with Crippen LogP contribution in [0.4, 0.5) is 4.39 Å². The quantitative estimate of drug-likeness (QED) is 0.926. The summed E-state index contributed by atoms with van der Waals surface area (Å²) in [5.74, 6) is -2.35. The minimum absolute atomic E-state index is 0.0746. The van der Waals surface area contributed by atoms with Crippen molar-refractivity contribution in [3.63, 3.8) is 0 Å². The Morgan fingerprint density at radius 3 is 2.67 bits per heavy atom. The van der Waals surface area contributed by atoms with E-state index in [2.05, 4.69) is 0 Å². The Hall–Kier alpha value is -1.47. The summed E-state index contributed by atoms with van der Waals surface area (Å²) in [5, 5.41) is 9.10. The van der Waals surface area contributed by atoms with Crippen LogP contribution < -0.4 is 0 Å². The largest absolute Gasteiger partial charge is 0.481 e. The molecular formula is C14H18FNO4S. The molecule has 1 aliphatic heterocycles. The lowest BCUT2D eigenvalue weighted by molar-refractivity contribution is -0.143. The molecule has 1 heterocycles. The maximum Gasteiger partial charge on any atom is 0.307 e. The highest BCUT2D eigenvalue weighted by Crippen LogP contribution is 2.29. The van der Waals surface area contributed by atoms with Crippen molar-refractivity contribution in [3.8, 4) is 0 Å². The zero-order valence-corrected chi connectivity index (χ0v) is 12.7. The van der Waals surface area contributed by atoms with Crippen LogP contribution in [0.2, 0.25) is 0 Å². The standard InChI is InChI=1S/C14H18FNO4S/c1-9-3-6-12(15)7-13(9)21(19,20)16-8-11(14(17)18)5-4-10(16)2/h3,6-7,10-11H,4-5,8H2,1-2H3,(H,17,18). The number of aryl methyl sites for hydroxylation is 1. The molecule has 1 saturated heterocycles. The van der Waals surface area contributed by atoms with Gasteiger partial charge in [-0.15, -0.1) is 0 Å². The van der Waals surface area contributed by atoms with Crippen molar-refractivity contribution in [2.24, 2.45) is 5.92 Å². The van der Waals surface area contributed by atoms with E-state index in [-0.39, 0.29) is 17.5 Å². The molecule has 0 saturated carbocycles. The number of piperidine rings is 1. The molecule has 5 nitrogen and oxygen atoms in total. The maximum absolute atomic E-state index is 13.4. The fourth-order valence-electron chi connectivity index (χ4n) is 2.59. The number of rotatable bonds is 3. The zero-order chi connectivity index (χ0) is 15.8. The molecule has 1 N–H and O–H groups in total. The summed E-state index contributed by atoms with van der Waals surface area (Å²) in [6.07, 6.45) is 0.926. The van der Waals surface area contributed by atoms with Gasteiger partial charge in [-0.25, -0.2) is 12.8 Å². The average molecular weight is 315 g/mol. The van der Waals surface area contributed by atoms with Gasteiger partial charge in [0, 0.05) is 12.6 Å². The zero-order valence-electron chi connectivity index (χ0n) is 11.9. The van der Waals surface area contributed by atoms with Crippen LogP contribution in [-0.2, 0) is 14.8 Å². The van der Waals surface area contributed by atoms with Gasteiger partial charge in [0.1, 0.15) is 5.82 Å². The molecule has 0 radical (unpaired) electrons. The van der Waals surface area contributed by atoms with Crippen molar-refractivity contribution in [2.45, 2.75) is 37.6 Å². The van der Waals surface area contributed by atoms with Gasteiger partial charge in [-0.3, -0.25) is 4.79 Å². The molecule has 116 valence electrons. The molecule has 0 amide bonds. The van der Waals surface area contributed by atoms with E-state index in [0.29, 0.717) is 18.4 Å². The Balaban J connectivity index is 2.42. The summed E-state index contributed by atoms with van der Waals surface area (Å²) in [5.41, 5.74) is 0.445. The van der Waals surface area contributed by atoms with E-state index in [1.807, 2.05) is 0 Å². The van der Waals surface area contributed by atoms with Gasteiger partial charge in [-0.1, -0.05) is 6.07 Å². The first-order chi connectivity index (χ1) is 9.73. The van der Waals surface area contributed by atoms with Gasteiger partial charge in [0.05, 0.1) is 10.8 Å². The Morgan fingerprint density at radius 1 is 1.38 bits per heavy atom. The predicted octanol–water partition coefficient (Wildman–Crippen LogP) is 2.01. The normalized spacial score (nSPS) is 24.0. The second-order valence-corrected chi connectivity index (χ2v) is 7.31. The van der Waals surface area contributed by atoms with Crippen molar-refractivity contribution < 1.29 is 22.7 Å². The number of aliphatic carboxylic acids is 1. The van der Waals surface area contributed by atoms with Crippen molar-refractivity contribution in [1.82, 2.24) is 4.31 Å². The molecule has 0 spiro atoms. The molecule has 7 heteroatoms. The molecule has 2 unspecified atom stereocenters. The van der Waals surface area contributed by atoms with Crippen LogP contribution in [0.3, 0.4) is 0 Å². The van der Waals surface area contributed by atoms with E-state index in [1.54, 1.807) is 13.8 Å². The van der Waals surface area contributed by atoms with Crippen LogP contribution in [-0.4, -0.2) is 36.4 Å². The van der Waals surface area contributed by atoms with E-state index < -0.39 is 27.7 Å². The minimum Gasteiger partial charge on any atom is -0.481 e. The molecule has 1 aliphatic rings. The summed E-state index contributed by atoms with van der Waals surface area (Å²) in [7, 11) is -3.90. The molecule has 0 aliphatic carbocycles. The molecule has 2 rings (SSSR count).